The van der Waals surface area contributed by atoms with Gasteiger partial charge in [0.05, 0.1) is 11.6 Å². The van der Waals surface area contributed by atoms with Crippen molar-refractivity contribution in [2.45, 2.75) is 19.9 Å². The van der Waals surface area contributed by atoms with Crippen LogP contribution in [-0.2, 0) is 0 Å². The third-order valence-electron chi connectivity index (χ3n) is 3.84. The Hall–Kier alpha value is -1.33. The van der Waals surface area contributed by atoms with Crippen molar-refractivity contribution in [1.29, 1.82) is 0 Å². The van der Waals surface area contributed by atoms with Gasteiger partial charge in [0.25, 0.3) is 5.91 Å². The van der Waals surface area contributed by atoms with Crippen molar-refractivity contribution < 1.29 is 9.53 Å². The predicted molar refractivity (Wildman–Crippen MR) is 83.0 cm³/mol. The molecule has 116 valence electrons. The number of rotatable bonds is 4. The number of hydrogen-bond acceptors (Lipinski definition) is 4. The molecule has 2 atom stereocenters. The van der Waals surface area contributed by atoms with Crippen LogP contribution in [0.15, 0.2) is 12.1 Å². The van der Waals surface area contributed by atoms with Crippen molar-refractivity contribution >= 4 is 17.5 Å². The van der Waals surface area contributed by atoms with E-state index in [2.05, 4.69) is 16.8 Å². The number of likely N-dealkylation sites (N-methyl/N-ethyl adjacent to an activating group) is 1. The maximum atomic E-state index is 12.6. The van der Waals surface area contributed by atoms with Gasteiger partial charge in [-0.05, 0) is 33.0 Å². The lowest BCUT2D eigenvalue weighted by atomic mass is 10.1. The summed E-state index contributed by atoms with van der Waals surface area (Å²) in [6, 6.07) is 3.70. The number of halogens is 1. The zero-order valence-electron chi connectivity index (χ0n) is 13.0. The van der Waals surface area contributed by atoms with E-state index in [0.29, 0.717) is 36.0 Å². The third kappa shape index (κ3) is 3.47. The second-order valence-corrected chi connectivity index (χ2v) is 6.04. The Balaban J connectivity index is 2.19. The topological polar surface area (TPSA) is 45.7 Å². The van der Waals surface area contributed by atoms with Crippen molar-refractivity contribution in [3.05, 3.63) is 22.8 Å². The molecule has 0 unspecified atom stereocenters. The molecule has 0 aromatic carbocycles. The van der Waals surface area contributed by atoms with Crippen LogP contribution in [0.4, 0.5) is 0 Å². The monoisotopic (exact) mass is 311 g/mol. The highest BCUT2D eigenvalue weighted by atomic mass is 35.5. The Kier molecular flexibility index (Phi) is 5.06. The van der Waals surface area contributed by atoms with Crippen LogP contribution >= 0.6 is 11.6 Å². The van der Waals surface area contributed by atoms with Crippen LogP contribution in [0, 0.1) is 5.92 Å². The number of likely N-dealkylation sites (tertiary alicyclic amines) is 1. The molecule has 0 bridgehead atoms. The normalized spacial score (nSPS) is 21.9. The Bertz CT molecular complexity index is 522. The molecule has 1 aromatic heterocycles. The standard InChI is InChI=1S/C15H22ClN3O2/c1-5-21-13-7-6-11(16)14(17-13)15(20)19-8-10(2)12(9-19)18(3)4/h6-7,10,12H,5,8-9H2,1-4H3/t10-,12+/m0/s1. The van der Waals surface area contributed by atoms with Gasteiger partial charge < -0.3 is 14.5 Å². The molecule has 0 saturated carbocycles. The van der Waals surface area contributed by atoms with Crippen LogP contribution in [0.25, 0.3) is 0 Å². The van der Waals surface area contributed by atoms with Crippen molar-refractivity contribution in [2.24, 2.45) is 5.92 Å². The quantitative estimate of drug-likeness (QED) is 0.855. The Morgan fingerprint density at radius 3 is 2.76 bits per heavy atom. The van der Waals surface area contributed by atoms with Crippen molar-refractivity contribution in [1.82, 2.24) is 14.8 Å². The van der Waals surface area contributed by atoms with Crippen LogP contribution in [0.2, 0.25) is 5.02 Å². The van der Waals surface area contributed by atoms with E-state index in [-0.39, 0.29) is 11.6 Å². The lowest BCUT2D eigenvalue weighted by Gasteiger charge is -2.22. The molecule has 1 amide bonds. The molecule has 1 saturated heterocycles. The van der Waals surface area contributed by atoms with Gasteiger partial charge in [0.1, 0.15) is 0 Å². The average molecular weight is 312 g/mol. The highest BCUT2D eigenvalue weighted by molar-refractivity contribution is 6.33. The van der Waals surface area contributed by atoms with E-state index < -0.39 is 0 Å². The van der Waals surface area contributed by atoms with Gasteiger partial charge >= 0.3 is 0 Å². The van der Waals surface area contributed by atoms with Crippen LogP contribution in [0.3, 0.4) is 0 Å². The van der Waals surface area contributed by atoms with E-state index >= 15 is 0 Å². The first-order valence-corrected chi connectivity index (χ1v) is 7.56. The summed E-state index contributed by atoms with van der Waals surface area (Å²) in [5.41, 5.74) is 0.272. The van der Waals surface area contributed by atoms with Gasteiger partial charge in [0.2, 0.25) is 5.88 Å². The minimum Gasteiger partial charge on any atom is -0.478 e. The molecule has 0 aliphatic carbocycles. The van der Waals surface area contributed by atoms with Crippen molar-refractivity contribution in [2.75, 3.05) is 33.8 Å². The summed E-state index contributed by atoms with van der Waals surface area (Å²) < 4.78 is 5.35. The van der Waals surface area contributed by atoms with Crippen LogP contribution in [0.1, 0.15) is 24.3 Å². The van der Waals surface area contributed by atoms with E-state index in [4.69, 9.17) is 16.3 Å². The maximum Gasteiger partial charge on any atom is 0.274 e. The van der Waals surface area contributed by atoms with Gasteiger partial charge in [-0.3, -0.25) is 4.79 Å². The molecule has 2 heterocycles. The fourth-order valence-corrected chi connectivity index (χ4v) is 2.93. The Labute approximate surface area is 130 Å². The minimum atomic E-state index is -0.127. The number of amides is 1. The summed E-state index contributed by atoms with van der Waals surface area (Å²) >= 11 is 6.13. The number of hydrogen-bond donors (Lipinski definition) is 0. The fraction of sp³-hybridized carbons (Fsp3) is 0.600. The third-order valence-corrected chi connectivity index (χ3v) is 4.14. The molecule has 1 aromatic rings. The second kappa shape index (κ2) is 6.62. The molecule has 1 aliphatic heterocycles. The average Bonchev–Trinajstić information content (AvgIpc) is 2.83. The Morgan fingerprint density at radius 1 is 1.48 bits per heavy atom. The van der Waals surface area contributed by atoms with Crippen molar-refractivity contribution in [3.8, 4) is 5.88 Å². The van der Waals surface area contributed by atoms with Gasteiger partial charge in [0, 0.05) is 25.2 Å². The van der Waals surface area contributed by atoms with E-state index in [1.165, 1.54) is 0 Å². The molecule has 2 rings (SSSR count). The largest absolute Gasteiger partial charge is 0.478 e. The molecule has 0 spiro atoms. The molecule has 6 heteroatoms. The molecular formula is C15H22ClN3O2. The first kappa shape index (κ1) is 16.0. The number of carbonyl (C=O) groups is 1. The summed E-state index contributed by atoms with van der Waals surface area (Å²) in [6.07, 6.45) is 0. The van der Waals surface area contributed by atoms with Gasteiger partial charge in [-0.15, -0.1) is 0 Å². The van der Waals surface area contributed by atoms with Crippen LogP contribution in [0.5, 0.6) is 5.88 Å². The summed E-state index contributed by atoms with van der Waals surface area (Å²) in [5, 5.41) is 0.365. The predicted octanol–water partition coefficient (Wildman–Crippen LogP) is 2.16. The highest BCUT2D eigenvalue weighted by Gasteiger charge is 2.35. The van der Waals surface area contributed by atoms with Gasteiger partial charge in [-0.1, -0.05) is 18.5 Å². The SMILES string of the molecule is CCOc1ccc(Cl)c(C(=O)N2C[C@@H](N(C)C)[C@@H](C)C2)n1. The summed E-state index contributed by atoms with van der Waals surface area (Å²) in [5.74, 6) is 0.734. The van der Waals surface area contributed by atoms with E-state index in [0.717, 1.165) is 6.54 Å². The summed E-state index contributed by atoms with van der Waals surface area (Å²) in [4.78, 5) is 20.9. The zero-order chi connectivity index (χ0) is 15.6. The molecule has 5 nitrogen and oxygen atoms in total. The van der Waals surface area contributed by atoms with Gasteiger partial charge in [0.15, 0.2) is 5.69 Å². The Morgan fingerprint density at radius 2 is 2.19 bits per heavy atom. The number of nitrogens with zero attached hydrogens (tertiary/aromatic N) is 3. The van der Waals surface area contributed by atoms with Crippen LogP contribution in [-0.4, -0.2) is 60.5 Å². The molecule has 1 aliphatic rings. The first-order chi connectivity index (χ1) is 9.93. The number of ether oxygens (including phenoxy) is 1. The smallest absolute Gasteiger partial charge is 0.274 e. The van der Waals surface area contributed by atoms with Gasteiger partial charge in [-0.2, -0.15) is 0 Å². The minimum absolute atomic E-state index is 0.127. The van der Waals surface area contributed by atoms with E-state index in [9.17, 15) is 4.79 Å². The number of pyridine rings is 1. The van der Waals surface area contributed by atoms with E-state index in [1.807, 2.05) is 25.9 Å². The highest BCUT2D eigenvalue weighted by Crippen LogP contribution is 2.25. The lowest BCUT2D eigenvalue weighted by Crippen LogP contribution is -2.36. The molecular weight excluding hydrogens is 290 g/mol. The van der Waals surface area contributed by atoms with Crippen molar-refractivity contribution in [3.63, 3.8) is 0 Å². The maximum absolute atomic E-state index is 12.6. The zero-order valence-corrected chi connectivity index (χ0v) is 13.7. The molecule has 0 N–H and O–H groups in total. The summed E-state index contributed by atoms with van der Waals surface area (Å²) in [6.45, 7) is 5.96. The summed E-state index contributed by atoms with van der Waals surface area (Å²) in [7, 11) is 4.08. The number of carbonyl (C=O) groups excluding carboxylic acids is 1. The second-order valence-electron chi connectivity index (χ2n) is 5.63. The van der Waals surface area contributed by atoms with Gasteiger partial charge in [-0.25, -0.2) is 4.98 Å². The fourth-order valence-electron chi connectivity index (χ4n) is 2.74. The molecule has 21 heavy (non-hydrogen) atoms. The number of aromatic nitrogens is 1. The van der Waals surface area contributed by atoms with E-state index in [1.54, 1.807) is 12.1 Å². The molecule has 0 radical (unpaired) electrons. The lowest BCUT2D eigenvalue weighted by molar-refractivity contribution is 0.0774. The van der Waals surface area contributed by atoms with Crippen LogP contribution < -0.4 is 4.74 Å². The molecule has 1 fully saturated rings. The first-order valence-electron chi connectivity index (χ1n) is 7.19.